The number of esters is 1. The Morgan fingerprint density at radius 3 is 2.51 bits per heavy atom. The van der Waals surface area contributed by atoms with Gasteiger partial charge in [-0.3, -0.25) is 14.2 Å². The SMILES string of the molecule is CC.COC(=O)C(=O)N1CCCC(c2nc(-c3ccc(Oc4cccc(OC)c4F)cc3)c3cnccn23)C1. The van der Waals surface area contributed by atoms with Gasteiger partial charge >= 0.3 is 11.9 Å². The number of fused-ring (bicyclic) bond motifs is 1. The summed E-state index contributed by atoms with van der Waals surface area (Å²) in [6.45, 7) is 4.87. The number of nitrogens with zero attached hydrogens (tertiary/aromatic N) is 4. The van der Waals surface area contributed by atoms with Crippen molar-refractivity contribution < 1.29 is 28.2 Å². The molecule has 0 aliphatic carbocycles. The van der Waals surface area contributed by atoms with Gasteiger partial charge in [0.25, 0.3) is 0 Å². The maximum Gasteiger partial charge on any atom is 0.396 e. The number of ether oxygens (including phenoxy) is 3. The summed E-state index contributed by atoms with van der Waals surface area (Å²) in [5.74, 6) is -0.729. The van der Waals surface area contributed by atoms with Crippen molar-refractivity contribution >= 4 is 17.4 Å². The highest BCUT2D eigenvalue weighted by Crippen LogP contribution is 2.34. The van der Waals surface area contributed by atoms with E-state index < -0.39 is 17.7 Å². The lowest BCUT2D eigenvalue weighted by Crippen LogP contribution is -2.43. The molecule has 3 heterocycles. The molecule has 0 N–H and O–H groups in total. The third kappa shape index (κ3) is 5.69. The van der Waals surface area contributed by atoms with Crippen LogP contribution in [0.1, 0.15) is 38.4 Å². The van der Waals surface area contributed by atoms with Crippen LogP contribution in [0.25, 0.3) is 16.8 Å². The summed E-state index contributed by atoms with van der Waals surface area (Å²) in [6, 6.07) is 11.9. The van der Waals surface area contributed by atoms with Crippen LogP contribution in [-0.4, -0.2) is 58.5 Å². The van der Waals surface area contributed by atoms with Gasteiger partial charge in [-0.15, -0.1) is 0 Å². The molecule has 5 rings (SSSR count). The van der Waals surface area contributed by atoms with Crippen LogP contribution in [0.2, 0.25) is 0 Å². The average Bonchev–Trinajstić information content (AvgIpc) is 3.39. The molecule has 1 aliphatic heterocycles. The predicted molar refractivity (Wildman–Crippen MR) is 143 cm³/mol. The van der Waals surface area contributed by atoms with Gasteiger partial charge in [0.15, 0.2) is 11.5 Å². The van der Waals surface area contributed by atoms with Gasteiger partial charge in [0.1, 0.15) is 11.6 Å². The number of piperidine rings is 1. The monoisotopic (exact) mass is 534 g/mol. The van der Waals surface area contributed by atoms with Crippen LogP contribution < -0.4 is 9.47 Å². The fourth-order valence-corrected chi connectivity index (χ4v) is 4.59. The molecule has 0 spiro atoms. The Labute approximate surface area is 226 Å². The minimum atomic E-state index is -0.866. The van der Waals surface area contributed by atoms with Crippen LogP contribution in [0, 0.1) is 5.82 Å². The first-order valence-electron chi connectivity index (χ1n) is 12.8. The number of benzene rings is 2. The second-order valence-corrected chi connectivity index (χ2v) is 8.63. The van der Waals surface area contributed by atoms with E-state index in [0.29, 0.717) is 18.8 Å². The number of likely N-dealkylation sites (tertiary alicyclic amines) is 1. The quantitative estimate of drug-likeness (QED) is 0.255. The minimum Gasteiger partial charge on any atom is -0.494 e. The lowest BCUT2D eigenvalue weighted by atomic mass is 9.97. The van der Waals surface area contributed by atoms with Crippen molar-refractivity contribution in [2.24, 2.45) is 0 Å². The van der Waals surface area contributed by atoms with Gasteiger partial charge < -0.3 is 19.1 Å². The second-order valence-electron chi connectivity index (χ2n) is 8.63. The molecule has 1 amide bonds. The van der Waals surface area contributed by atoms with Crippen LogP contribution in [0.5, 0.6) is 17.2 Å². The smallest absolute Gasteiger partial charge is 0.396 e. The molecule has 4 aromatic rings. The van der Waals surface area contributed by atoms with Crippen molar-refractivity contribution in [1.29, 1.82) is 0 Å². The number of amides is 1. The Morgan fingerprint density at radius 1 is 1.05 bits per heavy atom. The largest absolute Gasteiger partial charge is 0.494 e. The van der Waals surface area contributed by atoms with E-state index in [0.717, 1.165) is 35.4 Å². The number of imidazole rings is 1. The highest BCUT2D eigenvalue weighted by Gasteiger charge is 2.31. The molecule has 10 heteroatoms. The Balaban J connectivity index is 0.00000172. The van der Waals surface area contributed by atoms with Crippen molar-refractivity contribution in [3.63, 3.8) is 0 Å². The molecular weight excluding hydrogens is 503 g/mol. The molecule has 204 valence electrons. The van der Waals surface area contributed by atoms with Gasteiger partial charge in [-0.1, -0.05) is 19.9 Å². The fraction of sp³-hybridized carbons (Fsp3) is 0.310. The molecule has 1 aliphatic rings. The van der Waals surface area contributed by atoms with E-state index in [-0.39, 0.29) is 17.4 Å². The zero-order chi connectivity index (χ0) is 27.9. The third-order valence-electron chi connectivity index (χ3n) is 6.41. The molecule has 1 fully saturated rings. The summed E-state index contributed by atoms with van der Waals surface area (Å²) in [6.07, 6.45) is 6.83. The van der Waals surface area contributed by atoms with E-state index in [9.17, 15) is 14.0 Å². The topological polar surface area (TPSA) is 95.3 Å². The van der Waals surface area contributed by atoms with Crippen LogP contribution >= 0.6 is 0 Å². The Morgan fingerprint density at radius 2 is 1.79 bits per heavy atom. The van der Waals surface area contributed by atoms with E-state index >= 15 is 0 Å². The average molecular weight is 535 g/mol. The van der Waals surface area contributed by atoms with Gasteiger partial charge in [0, 0.05) is 37.0 Å². The Hall–Kier alpha value is -4.47. The number of rotatable bonds is 5. The zero-order valence-electron chi connectivity index (χ0n) is 22.4. The number of hydrogen-bond acceptors (Lipinski definition) is 7. The molecule has 2 aromatic carbocycles. The molecule has 0 bridgehead atoms. The first-order valence-corrected chi connectivity index (χ1v) is 12.8. The van der Waals surface area contributed by atoms with Gasteiger partial charge in [0.2, 0.25) is 5.82 Å². The molecule has 39 heavy (non-hydrogen) atoms. The lowest BCUT2D eigenvalue weighted by molar-refractivity contribution is -0.158. The maximum atomic E-state index is 14.5. The molecule has 1 unspecified atom stereocenters. The van der Waals surface area contributed by atoms with E-state index in [4.69, 9.17) is 14.5 Å². The van der Waals surface area contributed by atoms with Crippen LogP contribution in [-0.2, 0) is 14.3 Å². The lowest BCUT2D eigenvalue weighted by Gasteiger charge is -2.31. The van der Waals surface area contributed by atoms with Gasteiger partial charge in [-0.2, -0.15) is 4.39 Å². The number of aromatic nitrogens is 3. The van der Waals surface area contributed by atoms with Crippen molar-refractivity contribution in [3.05, 3.63) is 72.7 Å². The zero-order valence-corrected chi connectivity index (χ0v) is 22.4. The van der Waals surface area contributed by atoms with E-state index in [1.165, 1.54) is 31.3 Å². The summed E-state index contributed by atoms with van der Waals surface area (Å²) in [7, 11) is 2.60. The minimum absolute atomic E-state index is 0.0642. The number of halogens is 1. The summed E-state index contributed by atoms with van der Waals surface area (Å²) in [5.41, 5.74) is 2.36. The summed E-state index contributed by atoms with van der Waals surface area (Å²) in [4.78, 5) is 34.9. The number of hydrogen-bond donors (Lipinski definition) is 0. The highest BCUT2D eigenvalue weighted by atomic mass is 19.1. The molecule has 2 aromatic heterocycles. The number of carbonyl (C=O) groups excluding carboxylic acids is 2. The van der Waals surface area contributed by atoms with E-state index in [2.05, 4.69) is 9.72 Å². The molecular formula is C29H31FN4O5. The molecule has 0 radical (unpaired) electrons. The Bertz CT molecular complexity index is 1450. The number of methoxy groups -OCH3 is 2. The molecule has 0 saturated carbocycles. The normalized spacial score (nSPS) is 14.8. The Kier molecular flexibility index (Phi) is 8.75. The van der Waals surface area contributed by atoms with Crippen LogP contribution in [0.15, 0.2) is 61.1 Å². The first-order chi connectivity index (χ1) is 19.0. The first kappa shape index (κ1) is 27.6. The predicted octanol–water partition coefficient (Wildman–Crippen LogP) is 5.24. The third-order valence-corrected chi connectivity index (χ3v) is 6.41. The van der Waals surface area contributed by atoms with Gasteiger partial charge in [0.05, 0.1) is 31.6 Å². The van der Waals surface area contributed by atoms with Crippen LogP contribution in [0.4, 0.5) is 4.39 Å². The van der Waals surface area contributed by atoms with Crippen molar-refractivity contribution in [3.8, 4) is 28.5 Å². The maximum absolute atomic E-state index is 14.5. The van der Waals surface area contributed by atoms with Crippen molar-refractivity contribution in [2.75, 3.05) is 27.3 Å². The standard InChI is InChI=1S/C27H25FN4O5.C2H6/c1-35-21-6-3-7-22(23(21)28)37-19-10-8-17(9-11-19)24-20-15-29-12-14-32(20)25(30-24)18-5-4-13-31(16-18)26(33)27(34)36-2;1-2/h3,6-12,14-15,18H,4-5,13,16H2,1-2H3;1-2H3. The van der Waals surface area contributed by atoms with E-state index in [1.54, 1.807) is 30.6 Å². The van der Waals surface area contributed by atoms with Gasteiger partial charge in [-0.05, 0) is 49.2 Å². The van der Waals surface area contributed by atoms with E-state index in [1.807, 2.05) is 36.6 Å². The van der Waals surface area contributed by atoms with Crippen molar-refractivity contribution in [1.82, 2.24) is 19.3 Å². The highest BCUT2D eigenvalue weighted by molar-refractivity contribution is 6.32. The molecule has 1 saturated heterocycles. The summed E-state index contributed by atoms with van der Waals surface area (Å²) in [5, 5.41) is 0. The number of carbonyl (C=O) groups is 2. The molecule has 9 nitrogen and oxygen atoms in total. The molecule has 1 atom stereocenters. The fourth-order valence-electron chi connectivity index (χ4n) is 4.59. The van der Waals surface area contributed by atoms with Gasteiger partial charge in [-0.25, -0.2) is 9.78 Å². The second kappa shape index (κ2) is 12.4. The van der Waals surface area contributed by atoms with Crippen molar-refractivity contribution in [2.45, 2.75) is 32.6 Å². The summed E-state index contributed by atoms with van der Waals surface area (Å²) >= 11 is 0. The summed E-state index contributed by atoms with van der Waals surface area (Å²) < 4.78 is 31.8. The van der Waals surface area contributed by atoms with Crippen LogP contribution in [0.3, 0.4) is 0 Å².